The molecule has 2 aliphatic heterocycles. The van der Waals surface area contributed by atoms with Gasteiger partial charge >= 0.3 is 0 Å². The van der Waals surface area contributed by atoms with Gasteiger partial charge in [0.25, 0.3) is 5.91 Å². The lowest BCUT2D eigenvalue weighted by Crippen LogP contribution is -2.52. The summed E-state index contributed by atoms with van der Waals surface area (Å²) in [7, 11) is 0. The summed E-state index contributed by atoms with van der Waals surface area (Å²) < 4.78 is 3.87. The van der Waals surface area contributed by atoms with Crippen LogP contribution >= 0.6 is 11.5 Å². The lowest BCUT2D eigenvalue weighted by molar-refractivity contribution is -0.139. The average molecular weight is 401 g/mol. The minimum Gasteiger partial charge on any atom is -0.338 e. The molecule has 0 saturated carbocycles. The van der Waals surface area contributed by atoms with Crippen LogP contribution in [0.3, 0.4) is 0 Å². The van der Waals surface area contributed by atoms with Gasteiger partial charge in [0, 0.05) is 32.3 Å². The molecule has 0 aromatic carbocycles. The molecule has 2 aromatic rings. The summed E-state index contributed by atoms with van der Waals surface area (Å²) in [5.74, 6) is 0.207. The van der Waals surface area contributed by atoms with Crippen LogP contribution in [0.25, 0.3) is 0 Å². The Kier molecular flexibility index (Phi) is 5.09. The third kappa shape index (κ3) is 3.76. The molecule has 2 saturated heterocycles. The van der Waals surface area contributed by atoms with Crippen molar-refractivity contribution in [3.8, 4) is 0 Å². The summed E-state index contributed by atoms with van der Waals surface area (Å²) in [6, 6.07) is 0. The van der Waals surface area contributed by atoms with Crippen molar-refractivity contribution in [2.45, 2.75) is 46.1 Å². The molecule has 0 bridgehead atoms. The molecule has 1 spiro atoms. The Labute approximate surface area is 168 Å². The highest BCUT2D eigenvalue weighted by atomic mass is 32.1. The average Bonchev–Trinajstić information content (AvgIpc) is 3.13. The highest BCUT2D eigenvalue weighted by molar-refractivity contribution is 7.07. The predicted octanol–water partition coefficient (Wildman–Crippen LogP) is 1.99. The van der Waals surface area contributed by atoms with Crippen molar-refractivity contribution in [2.24, 2.45) is 5.41 Å². The van der Waals surface area contributed by atoms with E-state index < -0.39 is 0 Å². The van der Waals surface area contributed by atoms with Gasteiger partial charge in [-0.25, -0.2) is 0 Å². The van der Waals surface area contributed by atoms with Crippen LogP contribution in [0, 0.1) is 19.3 Å². The normalized spacial score (nSPS) is 19.3. The van der Waals surface area contributed by atoms with E-state index in [-0.39, 0.29) is 17.2 Å². The molecule has 0 unspecified atom stereocenters. The third-order valence-corrected chi connectivity index (χ3v) is 6.71. The van der Waals surface area contributed by atoms with E-state index in [1.165, 1.54) is 0 Å². The van der Waals surface area contributed by atoms with Crippen molar-refractivity contribution in [1.29, 1.82) is 0 Å². The molecule has 2 aromatic heterocycles. The van der Waals surface area contributed by atoms with Gasteiger partial charge in [0.1, 0.15) is 4.88 Å². The van der Waals surface area contributed by atoms with E-state index in [1.807, 2.05) is 23.6 Å². The van der Waals surface area contributed by atoms with Crippen molar-refractivity contribution in [3.63, 3.8) is 0 Å². The molecule has 0 radical (unpaired) electrons. The maximum atomic E-state index is 12.7. The minimum atomic E-state index is 0.0287. The van der Waals surface area contributed by atoms with Crippen molar-refractivity contribution in [3.05, 3.63) is 34.4 Å². The zero-order valence-electron chi connectivity index (χ0n) is 16.2. The van der Waals surface area contributed by atoms with E-state index in [4.69, 9.17) is 0 Å². The summed E-state index contributed by atoms with van der Waals surface area (Å²) in [4.78, 5) is 38.3. The van der Waals surface area contributed by atoms with Crippen molar-refractivity contribution in [1.82, 2.24) is 29.4 Å². The van der Waals surface area contributed by atoms with Crippen LogP contribution in [-0.4, -0.2) is 60.8 Å². The van der Waals surface area contributed by atoms with Crippen LogP contribution in [0.1, 0.15) is 52.4 Å². The molecule has 4 rings (SSSR count). The second-order valence-corrected chi connectivity index (χ2v) is 8.63. The number of piperidine rings is 2. The van der Waals surface area contributed by atoms with Crippen LogP contribution in [0.5, 0.6) is 0 Å². The maximum absolute atomic E-state index is 12.7. The van der Waals surface area contributed by atoms with E-state index in [1.54, 1.807) is 12.4 Å². The highest BCUT2D eigenvalue weighted by Gasteiger charge is 2.42. The number of aryl methyl sites for hydroxylation is 2. The number of carbonyl (C=O) groups is 2. The Bertz CT molecular complexity index is 873. The molecule has 8 nitrogen and oxygen atoms in total. The fourth-order valence-corrected chi connectivity index (χ4v) is 4.73. The quantitative estimate of drug-likeness (QED) is 0.782. The first kappa shape index (κ1) is 18.9. The Hall–Kier alpha value is -2.42. The summed E-state index contributed by atoms with van der Waals surface area (Å²) in [6.07, 6.45) is 6.76. The number of hydrogen-bond donors (Lipinski definition) is 0. The van der Waals surface area contributed by atoms with Gasteiger partial charge in [0.15, 0.2) is 0 Å². The van der Waals surface area contributed by atoms with Gasteiger partial charge in [0.2, 0.25) is 5.91 Å². The molecule has 148 valence electrons. The van der Waals surface area contributed by atoms with Crippen LogP contribution in [0.4, 0.5) is 0 Å². The molecule has 0 N–H and O–H groups in total. The zero-order valence-corrected chi connectivity index (χ0v) is 17.0. The number of carbonyl (C=O) groups excluding carboxylic acids is 2. The van der Waals surface area contributed by atoms with E-state index >= 15 is 0 Å². The van der Waals surface area contributed by atoms with Crippen LogP contribution in [-0.2, 0) is 11.3 Å². The van der Waals surface area contributed by atoms with Crippen molar-refractivity contribution in [2.75, 3.05) is 19.6 Å². The summed E-state index contributed by atoms with van der Waals surface area (Å²) >= 11 is 1.16. The van der Waals surface area contributed by atoms with E-state index in [2.05, 4.69) is 19.6 Å². The fourth-order valence-electron chi connectivity index (χ4n) is 4.11. The summed E-state index contributed by atoms with van der Waals surface area (Å²) in [5, 5.41) is 3.95. The van der Waals surface area contributed by atoms with Gasteiger partial charge in [0.05, 0.1) is 29.8 Å². The van der Waals surface area contributed by atoms with Crippen molar-refractivity contribution < 1.29 is 9.59 Å². The first-order chi connectivity index (χ1) is 13.5. The topological polar surface area (TPSA) is 92.2 Å². The Balaban J connectivity index is 1.40. The number of aromatic nitrogens is 4. The van der Waals surface area contributed by atoms with Gasteiger partial charge in [-0.1, -0.05) is 4.49 Å². The number of rotatable bonds is 3. The largest absolute Gasteiger partial charge is 0.338 e. The number of hydrogen-bond acceptors (Lipinski definition) is 7. The standard InChI is InChI=1S/C19H24N6O2S/c1-13-9-21-15(10-20-13)11-25-12-19(4-3-16(25)26)5-7-24(8-6-19)18(27)17-14(2)22-23-28-17/h9-10H,3-8,11-12H2,1-2H3. The van der Waals surface area contributed by atoms with Crippen LogP contribution < -0.4 is 0 Å². The molecule has 0 atom stereocenters. The first-order valence-electron chi connectivity index (χ1n) is 9.59. The Morgan fingerprint density at radius 2 is 1.96 bits per heavy atom. The van der Waals surface area contributed by atoms with Gasteiger partial charge in [-0.15, -0.1) is 5.10 Å². The van der Waals surface area contributed by atoms with Gasteiger partial charge in [-0.3, -0.25) is 19.6 Å². The van der Waals surface area contributed by atoms with E-state index in [9.17, 15) is 9.59 Å². The first-order valence-corrected chi connectivity index (χ1v) is 10.4. The molecule has 4 heterocycles. The highest BCUT2D eigenvalue weighted by Crippen LogP contribution is 2.41. The van der Waals surface area contributed by atoms with Gasteiger partial charge in [-0.2, -0.15) is 0 Å². The predicted molar refractivity (Wildman–Crippen MR) is 104 cm³/mol. The second-order valence-electron chi connectivity index (χ2n) is 7.88. The third-order valence-electron chi connectivity index (χ3n) is 5.89. The lowest BCUT2D eigenvalue weighted by Gasteiger charge is -2.47. The summed E-state index contributed by atoms with van der Waals surface area (Å²) in [5.41, 5.74) is 2.47. The number of nitrogens with zero attached hydrogens (tertiary/aromatic N) is 6. The second kappa shape index (κ2) is 7.54. The molecule has 28 heavy (non-hydrogen) atoms. The Morgan fingerprint density at radius 3 is 2.61 bits per heavy atom. The molecule has 0 aliphatic carbocycles. The lowest BCUT2D eigenvalue weighted by atomic mass is 9.72. The zero-order chi connectivity index (χ0) is 19.7. The van der Waals surface area contributed by atoms with Gasteiger partial charge in [-0.05, 0) is 50.1 Å². The SMILES string of the molecule is Cc1cnc(CN2CC3(CCC2=O)CCN(C(=O)c2snnc2C)CC3)cn1. The minimum absolute atomic E-state index is 0.0287. The number of amides is 2. The molecular weight excluding hydrogens is 376 g/mol. The molecule has 2 amide bonds. The van der Waals surface area contributed by atoms with E-state index in [0.29, 0.717) is 36.6 Å². The van der Waals surface area contributed by atoms with Gasteiger partial charge < -0.3 is 9.80 Å². The summed E-state index contributed by atoms with van der Waals surface area (Å²) in [6.45, 7) is 6.37. The van der Waals surface area contributed by atoms with Crippen LogP contribution in [0.2, 0.25) is 0 Å². The molecule has 9 heteroatoms. The molecule has 2 aliphatic rings. The molecule has 2 fully saturated rings. The monoisotopic (exact) mass is 400 g/mol. The fraction of sp³-hybridized carbons (Fsp3) is 0.579. The number of likely N-dealkylation sites (tertiary alicyclic amines) is 2. The Morgan fingerprint density at radius 1 is 1.18 bits per heavy atom. The molecular formula is C19H24N6O2S. The smallest absolute Gasteiger partial charge is 0.267 e. The van der Waals surface area contributed by atoms with Crippen LogP contribution in [0.15, 0.2) is 12.4 Å². The maximum Gasteiger partial charge on any atom is 0.267 e. The van der Waals surface area contributed by atoms with Crippen molar-refractivity contribution >= 4 is 23.3 Å². The van der Waals surface area contributed by atoms with E-state index in [0.717, 1.165) is 48.7 Å².